The molecule has 1 aliphatic heterocycles. The maximum absolute atomic E-state index is 10.3. The van der Waals surface area contributed by atoms with Crippen LogP contribution in [0.2, 0.25) is 0 Å². The van der Waals surface area contributed by atoms with E-state index in [-0.39, 0.29) is 0 Å². The van der Waals surface area contributed by atoms with Gasteiger partial charge in [0.1, 0.15) is 5.75 Å². The molecule has 0 bridgehead atoms. The molecule has 1 aromatic rings. The SMILES string of the molecule is CCOc1ccc(C(O)CN2CCC(COC)C2)cc1. The fraction of sp³-hybridized carbons (Fsp3) is 0.625. The van der Waals surface area contributed by atoms with Crippen molar-refractivity contribution < 1.29 is 14.6 Å². The third-order valence-electron chi connectivity index (χ3n) is 3.78. The predicted molar refractivity (Wildman–Crippen MR) is 79.0 cm³/mol. The minimum Gasteiger partial charge on any atom is -0.494 e. The van der Waals surface area contributed by atoms with Gasteiger partial charge in [-0.15, -0.1) is 0 Å². The Balaban J connectivity index is 1.84. The fourth-order valence-corrected chi connectivity index (χ4v) is 2.75. The van der Waals surface area contributed by atoms with E-state index in [0.29, 0.717) is 19.1 Å². The van der Waals surface area contributed by atoms with Gasteiger partial charge in [-0.2, -0.15) is 0 Å². The second kappa shape index (κ2) is 7.62. The van der Waals surface area contributed by atoms with Crippen LogP contribution in [0.5, 0.6) is 5.75 Å². The molecule has 4 nitrogen and oxygen atoms in total. The summed E-state index contributed by atoms with van der Waals surface area (Å²) in [5.74, 6) is 1.46. The van der Waals surface area contributed by atoms with Crippen molar-refractivity contribution in [3.8, 4) is 5.75 Å². The number of hydrogen-bond donors (Lipinski definition) is 1. The molecule has 1 aliphatic rings. The van der Waals surface area contributed by atoms with Crippen LogP contribution in [-0.4, -0.2) is 50.0 Å². The Hall–Kier alpha value is -1.10. The van der Waals surface area contributed by atoms with E-state index in [1.165, 1.54) is 0 Å². The summed E-state index contributed by atoms with van der Waals surface area (Å²) in [4.78, 5) is 2.31. The Morgan fingerprint density at radius 3 is 2.75 bits per heavy atom. The van der Waals surface area contributed by atoms with Gasteiger partial charge in [-0.25, -0.2) is 0 Å². The largest absolute Gasteiger partial charge is 0.494 e. The highest BCUT2D eigenvalue weighted by molar-refractivity contribution is 5.28. The monoisotopic (exact) mass is 279 g/mol. The average Bonchev–Trinajstić information content (AvgIpc) is 2.88. The standard InChI is InChI=1S/C16H25NO3/c1-3-20-15-6-4-14(5-7-15)16(18)11-17-9-8-13(10-17)12-19-2/h4-7,13,16,18H,3,8-12H2,1-2H3. The molecular formula is C16H25NO3. The van der Waals surface area contributed by atoms with Gasteiger partial charge in [0.05, 0.1) is 19.3 Å². The van der Waals surface area contributed by atoms with Crippen molar-refractivity contribution in [1.29, 1.82) is 0 Å². The number of β-amino-alcohol motifs (C(OH)–C–C–N with tert-alkyl or cyclic N) is 1. The summed E-state index contributed by atoms with van der Waals surface area (Å²) < 4.78 is 10.6. The summed E-state index contributed by atoms with van der Waals surface area (Å²) in [7, 11) is 1.75. The van der Waals surface area contributed by atoms with Crippen LogP contribution < -0.4 is 4.74 Å². The summed E-state index contributed by atoms with van der Waals surface area (Å²) in [6, 6.07) is 7.72. The number of nitrogens with zero attached hydrogens (tertiary/aromatic N) is 1. The lowest BCUT2D eigenvalue weighted by atomic mass is 10.1. The summed E-state index contributed by atoms with van der Waals surface area (Å²) in [5, 5.41) is 10.3. The number of likely N-dealkylation sites (tertiary alicyclic amines) is 1. The topological polar surface area (TPSA) is 41.9 Å². The number of aliphatic hydroxyl groups excluding tert-OH is 1. The maximum atomic E-state index is 10.3. The number of benzene rings is 1. The molecule has 1 heterocycles. The van der Waals surface area contributed by atoms with Crippen molar-refractivity contribution in [1.82, 2.24) is 4.90 Å². The molecule has 0 saturated carbocycles. The van der Waals surface area contributed by atoms with E-state index >= 15 is 0 Å². The van der Waals surface area contributed by atoms with Crippen molar-refractivity contribution in [2.24, 2.45) is 5.92 Å². The molecule has 2 rings (SSSR count). The number of rotatable bonds is 7. The van der Waals surface area contributed by atoms with Crippen LogP contribution in [0.1, 0.15) is 25.0 Å². The first-order valence-corrected chi connectivity index (χ1v) is 7.35. The Bertz CT molecular complexity index is 393. The third kappa shape index (κ3) is 4.20. The van der Waals surface area contributed by atoms with Gasteiger partial charge in [0.25, 0.3) is 0 Å². The smallest absolute Gasteiger partial charge is 0.119 e. The van der Waals surface area contributed by atoms with Crippen LogP contribution in [0.3, 0.4) is 0 Å². The zero-order valence-corrected chi connectivity index (χ0v) is 12.4. The normalized spacial score (nSPS) is 21.1. The molecule has 1 aromatic carbocycles. The predicted octanol–water partition coefficient (Wildman–Crippen LogP) is 2.09. The molecular weight excluding hydrogens is 254 g/mol. The molecule has 0 radical (unpaired) electrons. The Morgan fingerprint density at radius 2 is 2.10 bits per heavy atom. The van der Waals surface area contributed by atoms with E-state index in [4.69, 9.17) is 9.47 Å². The van der Waals surface area contributed by atoms with E-state index in [2.05, 4.69) is 4.90 Å². The zero-order chi connectivity index (χ0) is 14.4. The van der Waals surface area contributed by atoms with Gasteiger partial charge >= 0.3 is 0 Å². The van der Waals surface area contributed by atoms with Gasteiger partial charge in [0, 0.05) is 20.2 Å². The number of aliphatic hydroxyl groups is 1. The molecule has 2 atom stereocenters. The van der Waals surface area contributed by atoms with Crippen molar-refractivity contribution in [3.05, 3.63) is 29.8 Å². The molecule has 20 heavy (non-hydrogen) atoms. The minimum absolute atomic E-state index is 0.438. The molecule has 112 valence electrons. The highest BCUT2D eigenvalue weighted by Gasteiger charge is 2.24. The molecule has 0 aromatic heterocycles. The van der Waals surface area contributed by atoms with E-state index < -0.39 is 6.10 Å². The quantitative estimate of drug-likeness (QED) is 0.830. The summed E-state index contributed by atoms with van der Waals surface area (Å²) in [6.45, 7) is 6.19. The van der Waals surface area contributed by atoms with Crippen molar-refractivity contribution in [3.63, 3.8) is 0 Å². The van der Waals surface area contributed by atoms with E-state index in [9.17, 15) is 5.11 Å². The van der Waals surface area contributed by atoms with E-state index in [1.54, 1.807) is 7.11 Å². The van der Waals surface area contributed by atoms with Gasteiger partial charge < -0.3 is 19.5 Å². The zero-order valence-electron chi connectivity index (χ0n) is 12.4. The van der Waals surface area contributed by atoms with Gasteiger partial charge in [-0.3, -0.25) is 0 Å². The molecule has 1 fully saturated rings. The van der Waals surface area contributed by atoms with Gasteiger partial charge in [0.2, 0.25) is 0 Å². The second-order valence-electron chi connectivity index (χ2n) is 5.39. The summed E-state index contributed by atoms with van der Waals surface area (Å²) in [5.41, 5.74) is 0.948. The minimum atomic E-state index is -0.438. The average molecular weight is 279 g/mol. The maximum Gasteiger partial charge on any atom is 0.119 e. The first kappa shape index (κ1) is 15.3. The molecule has 0 amide bonds. The van der Waals surface area contributed by atoms with Crippen LogP contribution in [0.4, 0.5) is 0 Å². The number of methoxy groups -OCH3 is 1. The Kier molecular flexibility index (Phi) is 5.83. The molecule has 2 unspecified atom stereocenters. The van der Waals surface area contributed by atoms with Crippen molar-refractivity contribution >= 4 is 0 Å². The van der Waals surface area contributed by atoms with Gasteiger partial charge in [-0.1, -0.05) is 12.1 Å². The fourth-order valence-electron chi connectivity index (χ4n) is 2.75. The highest BCUT2D eigenvalue weighted by Crippen LogP contribution is 2.22. The van der Waals surface area contributed by atoms with Crippen LogP contribution in [0, 0.1) is 5.92 Å². The van der Waals surface area contributed by atoms with Gasteiger partial charge in [-0.05, 0) is 43.5 Å². The van der Waals surface area contributed by atoms with Crippen LogP contribution in [-0.2, 0) is 4.74 Å². The lowest BCUT2D eigenvalue weighted by Crippen LogP contribution is -2.27. The third-order valence-corrected chi connectivity index (χ3v) is 3.78. The van der Waals surface area contributed by atoms with Crippen LogP contribution in [0.15, 0.2) is 24.3 Å². The first-order chi connectivity index (χ1) is 9.72. The lowest BCUT2D eigenvalue weighted by Gasteiger charge is -2.20. The van der Waals surface area contributed by atoms with Crippen LogP contribution in [0.25, 0.3) is 0 Å². The molecule has 0 spiro atoms. The number of hydrogen-bond acceptors (Lipinski definition) is 4. The summed E-state index contributed by atoms with van der Waals surface area (Å²) in [6.07, 6.45) is 0.719. The molecule has 0 aliphatic carbocycles. The lowest BCUT2D eigenvalue weighted by molar-refractivity contribution is 0.115. The van der Waals surface area contributed by atoms with Crippen molar-refractivity contribution in [2.75, 3.05) is 40.0 Å². The number of ether oxygens (including phenoxy) is 2. The van der Waals surface area contributed by atoms with Crippen LogP contribution >= 0.6 is 0 Å². The molecule has 1 saturated heterocycles. The molecule has 1 N–H and O–H groups in total. The molecule has 4 heteroatoms. The van der Waals surface area contributed by atoms with Gasteiger partial charge in [0.15, 0.2) is 0 Å². The second-order valence-corrected chi connectivity index (χ2v) is 5.39. The van der Waals surface area contributed by atoms with E-state index in [0.717, 1.165) is 37.4 Å². The highest BCUT2D eigenvalue weighted by atomic mass is 16.5. The first-order valence-electron chi connectivity index (χ1n) is 7.35. The Labute approximate surface area is 121 Å². The van der Waals surface area contributed by atoms with E-state index in [1.807, 2.05) is 31.2 Å². The Morgan fingerprint density at radius 1 is 1.35 bits per heavy atom. The van der Waals surface area contributed by atoms with Crippen molar-refractivity contribution in [2.45, 2.75) is 19.4 Å². The summed E-state index contributed by atoms with van der Waals surface area (Å²) >= 11 is 0.